The largest absolute Gasteiger partial charge is 0.497 e. The first kappa shape index (κ1) is 32.4. The van der Waals surface area contributed by atoms with Crippen molar-refractivity contribution in [3.8, 4) is 5.75 Å². The fourth-order valence-electron chi connectivity index (χ4n) is 5.21. The van der Waals surface area contributed by atoms with Gasteiger partial charge in [0.15, 0.2) is 0 Å². The van der Waals surface area contributed by atoms with Crippen LogP contribution in [0.4, 0.5) is 4.79 Å². The number of rotatable bonds is 13. The zero-order chi connectivity index (χ0) is 30.9. The number of nitrogens with zero attached hydrogens (tertiary/aromatic N) is 1. The van der Waals surface area contributed by atoms with E-state index in [0.717, 1.165) is 11.1 Å². The molecule has 2 N–H and O–H groups in total. The number of carbonyl (C=O) groups is 4. The number of methoxy groups -OCH3 is 2. The molecule has 0 radical (unpaired) electrons. The SMILES string of the molecule is COC(=O)[C@H](Cc1ccccc1)NC(=O)[C@]1(CCCCNC(=O)OC(C)(C)C)[C@H](C)C(=O)N1Cc1ccc(OC)cc1. The summed E-state index contributed by atoms with van der Waals surface area (Å²) in [6.45, 7) is 7.70. The number of likely N-dealkylation sites (tertiary alicyclic amines) is 1. The van der Waals surface area contributed by atoms with Crippen molar-refractivity contribution >= 4 is 23.9 Å². The van der Waals surface area contributed by atoms with Crippen molar-refractivity contribution in [1.82, 2.24) is 15.5 Å². The lowest BCUT2D eigenvalue weighted by molar-refractivity contribution is -0.181. The van der Waals surface area contributed by atoms with Crippen LogP contribution < -0.4 is 15.4 Å². The van der Waals surface area contributed by atoms with E-state index >= 15 is 0 Å². The maximum Gasteiger partial charge on any atom is 0.407 e. The van der Waals surface area contributed by atoms with Crippen LogP contribution in [0.1, 0.15) is 58.1 Å². The average Bonchev–Trinajstić information content (AvgIpc) is 2.96. The van der Waals surface area contributed by atoms with E-state index in [9.17, 15) is 19.2 Å². The Bertz CT molecular complexity index is 1230. The maximum absolute atomic E-state index is 14.1. The minimum absolute atomic E-state index is 0.148. The van der Waals surface area contributed by atoms with Crippen molar-refractivity contribution in [1.29, 1.82) is 0 Å². The number of hydrogen-bond donors (Lipinski definition) is 2. The minimum atomic E-state index is -1.19. The summed E-state index contributed by atoms with van der Waals surface area (Å²) in [5.41, 5.74) is -0.0884. The quantitative estimate of drug-likeness (QED) is 0.208. The van der Waals surface area contributed by atoms with Crippen molar-refractivity contribution in [2.24, 2.45) is 5.92 Å². The van der Waals surface area contributed by atoms with E-state index < -0.39 is 41.1 Å². The number of carbonyl (C=O) groups excluding carboxylic acids is 4. The number of β-lactam (4-membered cyclic amide) rings is 1. The highest BCUT2D eigenvalue weighted by molar-refractivity contribution is 6.04. The van der Waals surface area contributed by atoms with Crippen LogP contribution in [0.5, 0.6) is 5.75 Å². The highest BCUT2D eigenvalue weighted by Gasteiger charge is 2.62. The molecule has 1 fully saturated rings. The van der Waals surface area contributed by atoms with Crippen LogP contribution in [0.2, 0.25) is 0 Å². The number of hydrogen-bond acceptors (Lipinski definition) is 7. The number of alkyl carbamates (subject to hydrolysis) is 1. The summed E-state index contributed by atoms with van der Waals surface area (Å²) in [6, 6.07) is 15.7. The summed E-state index contributed by atoms with van der Waals surface area (Å²) < 4.78 is 15.6. The second kappa shape index (κ2) is 14.2. The highest BCUT2D eigenvalue weighted by atomic mass is 16.6. The van der Waals surface area contributed by atoms with E-state index in [0.29, 0.717) is 31.6 Å². The summed E-state index contributed by atoms with van der Waals surface area (Å²) in [5.74, 6) is -1.04. The molecule has 10 nitrogen and oxygen atoms in total. The topological polar surface area (TPSA) is 123 Å². The zero-order valence-electron chi connectivity index (χ0n) is 25.4. The molecule has 0 bridgehead atoms. The number of ether oxygens (including phenoxy) is 3. The van der Waals surface area contributed by atoms with Gasteiger partial charge in [-0.3, -0.25) is 9.59 Å². The molecule has 0 aliphatic carbocycles. The number of benzene rings is 2. The van der Waals surface area contributed by atoms with Crippen LogP contribution in [0.15, 0.2) is 54.6 Å². The second-order valence-electron chi connectivity index (χ2n) is 11.5. The van der Waals surface area contributed by atoms with Gasteiger partial charge in [0, 0.05) is 19.5 Å². The summed E-state index contributed by atoms with van der Waals surface area (Å²) >= 11 is 0. The number of nitrogens with one attached hydrogen (secondary N) is 2. The molecular weight excluding hydrogens is 538 g/mol. The Morgan fingerprint density at radius 3 is 2.24 bits per heavy atom. The van der Waals surface area contributed by atoms with E-state index in [4.69, 9.17) is 14.2 Å². The van der Waals surface area contributed by atoms with E-state index in [2.05, 4.69) is 10.6 Å². The van der Waals surface area contributed by atoms with Gasteiger partial charge in [-0.1, -0.05) is 49.4 Å². The van der Waals surface area contributed by atoms with E-state index in [-0.39, 0.29) is 18.9 Å². The van der Waals surface area contributed by atoms with Crippen molar-refractivity contribution in [3.63, 3.8) is 0 Å². The van der Waals surface area contributed by atoms with Gasteiger partial charge in [-0.15, -0.1) is 0 Å². The van der Waals surface area contributed by atoms with Crippen LogP contribution >= 0.6 is 0 Å². The predicted octanol–water partition coefficient (Wildman–Crippen LogP) is 4.01. The van der Waals surface area contributed by atoms with Gasteiger partial charge in [0.05, 0.1) is 20.1 Å². The highest BCUT2D eigenvalue weighted by Crippen LogP contribution is 2.43. The number of amides is 3. The smallest absolute Gasteiger partial charge is 0.407 e. The zero-order valence-corrected chi connectivity index (χ0v) is 25.4. The minimum Gasteiger partial charge on any atom is -0.497 e. The monoisotopic (exact) mass is 581 g/mol. The lowest BCUT2D eigenvalue weighted by Gasteiger charge is -2.55. The van der Waals surface area contributed by atoms with Gasteiger partial charge in [0.2, 0.25) is 11.8 Å². The van der Waals surface area contributed by atoms with Gasteiger partial charge >= 0.3 is 12.1 Å². The third-order valence-corrected chi connectivity index (χ3v) is 7.45. The van der Waals surface area contributed by atoms with Crippen molar-refractivity contribution < 1.29 is 33.4 Å². The van der Waals surface area contributed by atoms with Gasteiger partial charge in [-0.2, -0.15) is 0 Å². The van der Waals surface area contributed by atoms with Gasteiger partial charge in [0.1, 0.15) is 22.9 Å². The summed E-state index contributed by atoms with van der Waals surface area (Å²) in [5, 5.41) is 5.65. The second-order valence-corrected chi connectivity index (χ2v) is 11.5. The van der Waals surface area contributed by atoms with Crippen LogP contribution in [-0.4, -0.2) is 66.7 Å². The first-order valence-corrected chi connectivity index (χ1v) is 14.2. The molecule has 1 aliphatic heterocycles. The van der Waals surface area contributed by atoms with Crippen LogP contribution in [0.3, 0.4) is 0 Å². The van der Waals surface area contributed by atoms with E-state index in [1.54, 1.807) is 51.8 Å². The first-order valence-electron chi connectivity index (χ1n) is 14.2. The first-order chi connectivity index (χ1) is 19.9. The molecule has 3 atom stereocenters. The molecule has 1 saturated heterocycles. The lowest BCUT2D eigenvalue weighted by Crippen LogP contribution is -2.76. The Hall–Kier alpha value is -4.08. The standard InChI is InChI=1S/C32H43N3O7/c1-22-27(36)35(21-24-14-16-25(40-5)17-15-24)32(22,18-10-11-19-33-30(39)42-31(2,3)4)29(38)34-26(28(37)41-6)20-23-12-8-7-9-13-23/h7-9,12-17,22,26H,10-11,18-21H2,1-6H3,(H,33,39)(H,34,38)/t22-,26+,32+/m1/s1. The summed E-state index contributed by atoms with van der Waals surface area (Å²) in [7, 11) is 2.86. The predicted molar refractivity (Wildman–Crippen MR) is 158 cm³/mol. The van der Waals surface area contributed by atoms with Gasteiger partial charge < -0.3 is 29.7 Å². The number of esters is 1. The third kappa shape index (κ3) is 8.02. The molecule has 2 aromatic carbocycles. The van der Waals surface area contributed by atoms with Crippen molar-refractivity contribution in [2.75, 3.05) is 20.8 Å². The molecular formula is C32H43N3O7. The molecule has 2 aromatic rings. The maximum atomic E-state index is 14.1. The molecule has 10 heteroatoms. The fourth-order valence-corrected chi connectivity index (χ4v) is 5.21. The molecule has 1 aliphatic rings. The Balaban J connectivity index is 1.81. The van der Waals surface area contributed by atoms with E-state index in [1.807, 2.05) is 42.5 Å². The van der Waals surface area contributed by atoms with Crippen molar-refractivity contribution in [2.45, 2.75) is 77.1 Å². The van der Waals surface area contributed by atoms with Gasteiger partial charge in [0.25, 0.3) is 0 Å². The molecule has 1 heterocycles. The molecule has 0 unspecified atom stereocenters. The molecule has 0 aromatic heterocycles. The van der Waals surface area contributed by atoms with Gasteiger partial charge in [-0.25, -0.2) is 9.59 Å². The average molecular weight is 582 g/mol. The third-order valence-electron chi connectivity index (χ3n) is 7.45. The Morgan fingerprint density at radius 2 is 1.64 bits per heavy atom. The molecule has 228 valence electrons. The molecule has 3 amide bonds. The summed E-state index contributed by atoms with van der Waals surface area (Å²) in [4.78, 5) is 53.8. The fraction of sp³-hybridized carbons (Fsp3) is 0.500. The molecule has 0 saturated carbocycles. The van der Waals surface area contributed by atoms with Crippen molar-refractivity contribution in [3.05, 3.63) is 65.7 Å². The van der Waals surface area contributed by atoms with Gasteiger partial charge in [-0.05, 0) is 63.3 Å². The van der Waals surface area contributed by atoms with Crippen LogP contribution in [0, 0.1) is 5.92 Å². The Kier molecular flexibility index (Phi) is 11.0. The number of unbranched alkanes of at least 4 members (excludes halogenated alkanes) is 1. The van der Waals surface area contributed by atoms with Crippen LogP contribution in [0.25, 0.3) is 0 Å². The van der Waals surface area contributed by atoms with Crippen LogP contribution in [-0.2, 0) is 36.8 Å². The molecule has 42 heavy (non-hydrogen) atoms. The lowest BCUT2D eigenvalue weighted by atomic mass is 9.69. The normalized spacial score (nSPS) is 18.9. The van der Waals surface area contributed by atoms with E-state index in [1.165, 1.54) is 7.11 Å². The molecule has 3 rings (SSSR count). The Morgan fingerprint density at radius 1 is 0.976 bits per heavy atom. The Labute approximate surface area is 248 Å². The summed E-state index contributed by atoms with van der Waals surface area (Å²) in [6.07, 6.45) is 1.19. The molecule has 0 spiro atoms.